The summed E-state index contributed by atoms with van der Waals surface area (Å²) in [6.07, 6.45) is 3.20. The van der Waals surface area contributed by atoms with Crippen molar-refractivity contribution >= 4 is 22.4 Å². The van der Waals surface area contributed by atoms with E-state index in [4.69, 9.17) is 13.9 Å². The maximum atomic E-state index is 13.4. The number of allylic oxidation sites excluding steroid dienone is 1. The molecular weight excluding hydrogens is 433 g/mol. The molecule has 0 unspecified atom stereocenters. The van der Waals surface area contributed by atoms with Gasteiger partial charge in [-0.15, -0.1) is 0 Å². The van der Waals surface area contributed by atoms with E-state index in [0.29, 0.717) is 24.5 Å². The van der Waals surface area contributed by atoms with E-state index in [2.05, 4.69) is 5.32 Å². The fourth-order valence-electron chi connectivity index (χ4n) is 3.85. The van der Waals surface area contributed by atoms with Gasteiger partial charge in [0.05, 0.1) is 20.0 Å². The Bertz CT molecular complexity index is 1340. The van der Waals surface area contributed by atoms with Gasteiger partial charge in [-0.3, -0.25) is 4.79 Å². The molecular formula is C28H26FNO4. The molecule has 0 aliphatic carbocycles. The number of hydrogen-bond acceptors (Lipinski definition) is 4. The number of fused-ring (bicyclic) bond motifs is 1. The number of ether oxygens (including phenoxy) is 2. The van der Waals surface area contributed by atoms with Crippen molar-refractivity contribution in [3.8, 4) is 22.6 Å². The summed E-state index contributed by atoms with van der Waals surface area (Å²) in [5, 5.41) is 3.76. The van der Waals surface area contributed by atoms with Crippen molar-refractivity contribution in [3.05, 3.63) is 89.9 Å². The Morgan fingerprint density at radius 1 is 1.09 bits per heavy atom. The van der Waals surface area contributed by atoms with Crippen molar-refractivity contribution in [2.24, 2.45) is 0 Å². The highest BCUT2D eigenvalue weighted by atomic mass is 19.1. The fourth-order valence-corrected chi connectivity index (χ4v) is 3.85. The molecule has 0 saturated carbocycles. The monoisotopic (exact) mass is 459 g/mol. The van der Waals surface area contributed by atoms with Gasteiger partial charge in [-0.25, -0.2) is 4.39 Å². The fraction of sp³-hybridized carbons (Fsp3) is 0.179. The second kappa shape index (κ2) is 10.3. The minimum atomic E-state index is -0.297. The zero-order valence-corrected chi connectivity index (χ0v) is 19.4. The number of nitrogens with one attached hydrogen (secondary N) is 1. The van der Waals surface area contributed by atoms with Gasteiger partial charge in [0.2, 0.25) is 5.91 Å². The molecule has 0 radical (unpaired) electrons. The van der Waals surface area contributed by atoms with Gasteiger partial charge in [0, 0.05) is 40.8 Å². The Balaban J connectivity index is 1.64. The van der Waals surface area contributed by atoms with Crippen molar-refractivity contribution in [2.45, 2.75) is 20.4 Å². The number of halogens is 1. The zero-order chi connectivity index (χ0) is 24.1. The summed E-state index contributed by atoms with van der Waals surface area (Å²) in [7, 11) is 1.60. The maximum Gasteiger partial charge on any atom is 0.244 e. The van der Waals surface area contributed by atoms with E-state index >= 15 is 0 Å². The number of furan rings is 1. The van der Waals surface area contributed by atoms with Gasteiger partial charge < -0.3 is 19.2 Å². The molecule has 4 aromatic rings. The quantitative estimate of drug-likeness (QED) is 0.311. The third-order valence-corrected chi connectivity index (χ3v) is 5.55. The van der Waals surface area contributed by atoms with Crippen LogP contribution < -0.4 is 14.8 Å². The maximum absolute atomic E-state index is 13.4. The first-order valence-electron chi connectivity index (χ1n) is 11.0. The number of para-hydroxylation sites is 1. The SMILES string of the molecule is CCOc1cc2occ(-c3ccc(F)cc3)c2cc1/C(C)=C/C(=O)NCc1ccccc1OC. The number of benzene rings is 3. The Labute approximate surface area is 197 Å². The van der Waals surface area contributed by atoms with Crippen LogP contribution in [0.25, 0.3) is 27.7 Å². The predicted octanol–water partition coefficient (Wildman–Crippen LogP) is 6.37. The number of amides is 1. The standard InChI is InChI=1S/C28H26FNO4/c1-4-33-26-15-27-23(24(17-34-27)19-9-11-21(29)12-10-19)14-22(26)18(2)13-28(31)30-16-20-7-5-6-8-25(20)32-3/h5-15,17H,4,16H2,1-3H3,(H,30,31)/b18-13+. The molecule has 4 rings (SSSR count). The van der Waals surface area contributed by atoms with Gasteiger partial charge in [0.1, 0.15) is 22.9 Å². The molecule has 5 nitrogen and oxygen atoms in total. The number of rotatable bonds is 8. The van der Waals surface area contributed by atoms with E-state index in [0.717, 1.165) is 39.0 Å². The molecule has 0 atom stereocenters. The van der Waals surface area contributed by atoms with Gasteiger partial charge >= 0.3 is 0 Å². The van der Waals surface area contributed by atoms with Crippen molar-refractivity contribution < 1.29 is 23.1 Å². The second-order valence-electron chi connectivity index (χ2n) is 7.79. The highest BCUT2D eigenvalue weighted by Crippen LogP contribution is 2.37. The van der Waals surface area contributed by atoms with Crippen LogP contribution in [0.3, 0.4) is 0 Å². The Kier molecular flexibility index (Phi) is 6.97. The van der Waals surface area contributed by atoms with Crippen LogP contribution in [0.2, 0.25) is 0 Å². The van der Waals surface area contributed by atoms with Crippen molar-refractivity contribution in [1.82, 2.24) is 5.32 Å². The molecule has 1 N–H and O–H groups in total. The summed E-state index contributed by atoms with van der Waals surface area (Å²) >= 11 is 0. The molecule has 0 bridgehead atoms. The van der Waals surface area contributed by atoms with E-state index in [1.54, 1.807) is 31.6 Å². The van der Waals surface area contributed by atoms with Crippen LogP contribution in [-0.2, 0) is 11.3 Å². The average Bonchev–Trinajstić information content (AvgIpc) is 3.26. The van der Waals surface area contributed by atoms with Gasteiger partial charge in [0.25, 0.3) is 0 Å². The highest BCUT2D eigenvalue weighted by molar-refractivity contribution is 6.00. The molecule has 0 fully saturated rings. The van der Waals surface area contributed by atoms with Gasteiger partial charge in [-0.2, -0.15) is 0 Å². The number of carbonyl (C=O) groups is 1. The summed E-state index contributed by atoms with van der Waals surface area (Å²) < 4.78 is 30.3. The van der Waals surface area contributed by atoms with E-state index in [-0.39, 0.29) is 11.7 Å². The first-order valence-corrected chi connectivity index (χ1v) is 11.0. The summed E-state index contributed by atoms with van der Waals surface area (Å²) in [6, 6.07) is 17.6. The predicted molar refractivity (Wildman–Crippen MR) is 131 cm³/mol. The largest absolute Gasteiger partial charge is 0.496 e. The summed E-state index contributed by atoms with van der Waals surface area (Å²) in [6.45, 7) is 4.58. The van der Waals surface area contributed by atoms with Crippen LogP contribution in [0.5, 0.6) is 11.5 Å². The number of methoxy groups -OCH3 is 1. The Morgan fingerprint density at radius 3 is 2.59 bits per heavy atom. The third kappa shape index (κ3) is 4.96. The van der Waals surface area contributed by atoms with E-state index < -0.39 is 0 Å². The molecule has 0 spiro atoms. The highest BCUT2D eigenvalue weighted by Gasteiger charge is 2.15. The summed E-state index contributed by atoms with van der Waals surface area (Å²) in [5.41, 5.74) is 4.75. The summed E-state index contributed by atoms with van der Waals surface area (Å²) in [5.74, 6) is 0.827. The van der Waals surface area contributed by atoms with E-state index in [9.17, 15) is 9.18 Å². The van der Waals surface area contributed by atoms with Crippen LogP contribution in [0.4, 0.5) is 4.39 Å². The van der Waals surface area contributed by atoms with Crippen molar-refractivity contribution in [3.63, 3.8) is 0 Å². The molecule has 34 heavy (non-hydrogen) atoms. The topological polar surface area (TPSA) is 60.7 Å². The molecule has 1 amide bonds. The summed E-state index contributed by atoms with van der Waals surface area (Å²) in [4.78, 5) is 12.7. The number of carbonyl (C=O) groups excluding carboxylic acids is 1. The molecule has 6 heteroatoms. The smallest absolute Gasteiger partial charge is 0.244 e. The molecule has 1 aromatic heterocycles. The van der Waals surface area contributed by atoms with E-state index in [1.165, 1.54) is 12.1 Å². The lowest BCUT2D eigenvalue weighted by molar-refractivity contribution is -0.116. The minimum absolute atomic E-state index is 0.225. The lowest BCUT2D eigenvalue weighted by Crippen LogP contribution is -2.21. The molecule has 3 aromatic carbocycles. The van der Waals surface area contributed by atoms with E-state index in [1.807, 2.05) is 50.2 Å². The Morgan fingerprint density at radius 2 is 1.85 bits per heavy atom. The van der Waals surface area contributed by atoms with Crippen LogP contribution >= 0.6 is 0 Å². The zero-order valence-electron chi connectivity index (χ0n) is 19.4. The lowest BCUT2D eigenvalue weighted by Gasteiger charge is -2.12. The van der Waals surface area contributed by atoms with Crippen LogP contribution in [0.15, 0.2) is 77.4 Å². The van der Waals surface area contributed by atoms with Crippen molar-refractivity contribution in [1.29, 1.82) is 0 Å². The second-order valence-corrected chi connectivity index (χ2v) is 7.79. The molecule has 1 heterocycles. The van der Waals surface area contributed by atoms with Gasteiger partial charge in [-0.05, 0) is 49.2 Å². The van der Waals surface area contributed by atoms with Crippen LogP contribution in [-0.4, -0.2) is 19.6 Å². The normalized spacial score (nSPS) is 11.5. The first-order chi connectivity index (χ1) is 16.5. The lowest BCUT2D eigenvalue weighted by atomic mass is 9.99. The third-order valence-electron chi connectivity index (χ3n) is 5.55. The average molecular weight is 460 g/mol. The number of hydrogen-bond donors (Lipinski definition) is 1. The van der Waals surface area contributed by atoms with Crippen molar-refractivity contribution in [2.75, 3.05) is 13.7 Å². The molecule has 0 aliphatic rings. The Hall–Kier alpha value is -4.06. The molecule has 0 saturated heterocycles. The van der Waals surface area contributed by atoms with Crippen LogP contribution in [0.1, 0.15) is 25.0 Å². The minimum Gasteiger partial charge on any atom is -0.496 e. The van der Waals surface area contributed by atoms with Gasteiger partial charge in [0.15, 0.2) is 0 Å². The van der Waals surface area contributed by atoms with Crippen LogP contribution in [0, 0.1) is 5.82 Å². The molecule has 174 valence electrons. The first kappa shape index (κ1) is 23.1. The molecule has 0 aliphatic heterocycles. The van der Waals surface area contributed by atoms with Gasteiger partial charge in [-0.1, -0.05) is 30.3 Å².